The average molecular weight is 480 g/mol. The van der Waals surface area contributed by atoms with Crippen molar-refractivity contribution in [1.82, 2.24) is 24.7 Å². The number of nitrogens with zero attached hydrogens (tertiary/aromatic N) is 5. The van der Waals surface area contributed by atoms with Crippen molar-refractivity contribution in [1.29, 1.82) is 0 Å². The van der Waals surface area contributed by atoms with E-state index < -0.39 is 0 Å². The minimum absolute atomic E-state index is 0.300. The first kappa shape index (κ1) is 22.9. The number of pyridine rings is 1. The van der Waals surface area contributed by atoms with Gasteiger partial charge in [0, 0.05) is 35.5 Å². The number of carbonyl (C=O) groups is 1. The number of aryl methyl sites for hydroxylation is 1. The summed E-state index contributed by atoms with van der Waals surface area (Å²) < 4.78 is 14.9. The summed E-state index contributed by atoms with van der Waals surface area (Å²) in [6.07, 6.45) is 6.63. The van der Waals surface area contributed by atoms with Gasteiger partial charge in [-0.1, -0.05) is 6.07 Å². The van der Waals surface area contributed by atoms with E-state index >= 15 is 0 Å². The Morgan fingerprint density at radius 3 is 2.58 bits per heavy atom. The second-order valence-electron chi connectivity index (χ2n) is 8.15. The fourth-order valence-electron chi connectivity index (χ4n) is 3.72. The lowest BCUT2D eigenvalue weighted by molar-refractivity contribution is 0.102. The van der Waals surface area contributed by atoms with Crippen LogP contribution in [-0.2, 0) is 0 Å². The molecule has 5 rings (SSSR count). The molecule has 3 heterocycles. The third-order valence-electron chi connectivity index (χ3n) is 5.68. The molecule has 0 fully saturated rings. The predicted molar refractivity (Wildman–Crippen MR) is 136 cm³/mol. The van der Waals surface area contributed by atoms with Gasteiger partial charge in [0.05, 0.1) is 28.8 Å². The molecule has 0 unspecified atom stereocenters. The van der Waals surface area contributed by atoms with Crippen molar-refractivity contribution in [3.8, 4) is 16.9 Å². The Balaban J connectivity index is 1.35. The summed E-state index contributed by atoms with van der Waals surface area (Å²) in [5.74, 6) is -0.204. The van der Waals surface area contributed by atoms with Gasteiger partial charge in [-0.25, -0.2) is 19.0 Å². The molecule has 0 spiro atoms. The second-order valence-corrected chi connectivity index (χ2v) is 8.15. The number of aromatic nitrogens is 5. The number of benzene rings is 2. The fourth-order valence-corrected chi connectivity index (χ4v) is 3.72. The predicted octanol–water partition coefficient (Wildman–Crippen LogP) is 5.48. The van der Waals surface area contributed by atoms with Crippen LogP contribution in [0.5, 0.6) is 0 Å². The quantitative estimate of drug-likeness (QED) is 0.335. The Labute approximate surface area is 206 Å². The number of rotatable bonds is 6. The van der Waals surface area contributed by atoms with Crippen LogP contribution in [0, 0.1) is 19.7 Å². The largest absolute Gasteiger partial charge is 0.324 e. The summed E-state index contributed by atoms with van der Waals surface area (Å²) in [6, 6.07) is 17.1. The van der Waals surface area contributed by atoms with Gasteiger partial charge in [0.1, 0.15) is 5.82 Å². The molecule has 0 aliphatic heterocycles. The molecule has 2 aromatic carbocycles. The zero-order valence-corrected chi connectivity index (χ0v) is 19.6. The lowest BCUT2D eigenvalue weighted by atomic mass is 10.1. The first-order chi connectivity index (χ1) is 17.5. The number of amides is 1. The third kappa shape index (κ3) is 4.80. The molecule has 5 aromatic rings. The summed E-state index contributed by atoms with van der Waals surface area (Å²) in [5.41, 5.74) is 5.69. The van der Waals surface area contributed by atoms with E-state index in [2.05, 4.69) is 30.7 Å². The molecule has 1 amide bonds. The fraction of sp³-hybridized carbons (Fsp3) is 0.0741. The van der Waals surface area contributed by atoms with Crippen molar-refractivity contribution in [2.45, 2.75) is 13.8 Å². The smallest absolute Gasteiger partial charge is 0.259 e. The number of anilines is 3. The van der Waals surface area contributed by atoms with Crippen LogP contribution in [0.25, 0.3) is 16.9 Å². The molecule has 0 saturated carbocycles. The maximum atomic E-state index is 13.3. The van der Waals surface area contributed by atoms with E-state index in [0.29, 0.717) is 28.6 Å². The van der Waals surface area contributed by atoms with Gasteiger partial charge in [-0.3, -0.25) is 9.78 Å². The lowest BCUT2D eigenvalue weighted by Gasteiger charge is -2.12. The van der Waals surface area contributed by atoms with Crippen LogP contribution in [0.15, 0.2) is 85.5 Å². The van der Waals surface area contributed by atoms with Crippen LogP contribution in [0.3, 0.4) is 0 Å². The first-order valence-corrected chi connectivity index (χ1v) is 11.2. The first-order valence-electron chi connectivity index (χ1n) is 11.2. The van der Waals surface area contributed by atoms with Crippen LogP contribution in [-0.4, -0.2) is 30.6 Å². The maximum absolute atomic E-state index is 13.3. The molecule has 2 N–H and O–H groups in total. The maximum Gasteiger partial charge on any atom is 0.259 e. The molecule has 0 aliphatic rings. The SMILES string of the molecule is Cc1ccc(NC(=O)c2cnn(-c3ccc(F)cc3)c2C)cc1Nc1nccc(-c2cccnc2)n1. The lowest BCUT2D eigenvalue weighted by Crippen LogP contribution is -2.13. The number of hydrogen-bond donors (Lipinski definition) is 2. The minimum atomic E-state index is -0.334. The molecule has 178 valence electrons. The van der Waals surface area contributed by atoms with Crippen molar-refractivity contribution < 1.29 is 9.18 Å². The summed E-state index contributed by atoms with van der Waals surface area (Å²) in [5, 5.41) is 10.5. The van der Waals surface area contributed by atoms with Gasteiger partial charge >= 0.3 is 0 Å². The van der Waals surface area contributed by atoms with E-state index in [1.165, 1.54) is 18.3 Å². The Hall–Kier alpha value is -4.92. The van der Waals surface area contributed by atoms with Crippen LogP contribution < -0.4 is 10.6 Å². The molecule has 0 atom stereocenters. The van der Waals surface area contributed by atoms with Crippen LogP contribution >= 0.6 is 0 Å². The number of nitrogens with one attached hydrogen (secondary N) is 2. The normalized spacial score (nSPS) is 10.8. The molecule has 8 nitrogen and oxygen atoms in total. The van der Waals surface area contributed by atoms with E-state index in [9.17, 15) is 9.18 Å². The van der Waals surface area contributed by atoms with Crippen molar-refractivity contribution in [3.63, 3.8) is 0 Å². The Morgan fingerprint density at radius 1 is 0.972 bits per heavy atom. The number of carbonyl (C=O) groups excluding carboxylic acids is 1. The molecule has 0 radical (unpaired) electrons. The van der Waals surface area contributed by atoms with E-state index in [1.54, 1.807) is 42.3 Å². The zero-order valence-electron chi connectivity index (χ0n) is 19.6. The number of halogens is 1. The molecular formula is C27H22FN7O. The standard InChI is InChI=1S/C27H22FN7O/c1-17-5-8-21(14-25(17)34-27-30-13-11-24(33-27)19-4-3-12-29-15-19)32-26(36)23-16-31-35(18(23)2)22-9-6-20(28)7-10-22/h3-16H,1-2H3,(H,32,36)(H,30,33,34). The van der Waals surface area contributed by atoms with Crippen molar-refractivity contribution >= 4 is 23.2 Å². The molecule has 0 bridgehead atoms. The van der Waals surface area contributed by atoms with Crippen molar-refractivity contribution in [3.05, 3.63) is 108 Å². The summed E-state index contributed by atoms with van der Waals surface area (Å²) in [7, 11) is 0. The molecule has 36 heavy (non-hydrogen) atoms. The monoisotopic (exact) mass is 479 g/mol. The topological polar surface area (TPSA) is 97.6 Å². The minimum Gasteiger partial charge on any atom is -0.324 e. The van der Waals surface area contributed by atoms with Gasteiger partial charge in [0.25, 0.3) is 5.91 Å². The van der Waals surface area contributed by atoms with Crippen molar-refractivity contribution in [2.75, 3.05) is 10.6 Å². The molecule has 0 saturated heterocycles. The highest BCUT2D eigenvalue weighted by Gasteiger charge is 2.16. The van der Waals surface area contributed by atoms with Gasteiger partial charge in [-0.2, -0.15) is 5.10 Å². The van der Waals surface area contributed by atoms with E-state index in [1.807, 2.05) is 43.3 Å². The van der Waals surface area contributed by atoms with E-state index in [-0.39, 0.29) is 11.7 Å². The highest BCUT2D eigenvalue weighted by Crippen LogP contribution is 2.25. The summed E-state index contributed by atoms with van der Waals surface area (Å²) >= 11 is 0. The van der Waals surface area contributed by atoms with Gasteiger partial charge in [-0.15, -0.1) is 0 Å². The van der Waals surface area contributed by atoms with E-state index in [4.69, 9.17) is 0 Å². The van der Waals surface area contributed by atoms with Crippen molar-refractivity contribution in [2.24, 2.45) is 0 Å². The van der Waals surface area contributed by atoms with Gasteiger partial charge in [0.15, 0.2) is 0 Å². The highest BCUT2D eigenvalue weighted by atomic mass is 19.1. The number of hydrogen-bond acceptors (Lipinski definition) is 6. The van der Waals surface area contributed by atoms with Crippen LogP contribution in [0.1, 0.15) is 21.6 Å². The highest BCUT2D eigenvalue weighted by molar-refractivity contribution is 6.05. The Morgan fingerprint density at radius 2 is 1.81 bits per heavy atom. The third-order valence-corrected chi connectivity index (χ3v) is 5.68. The Kier molecular flexibility index (Phi) is 6.19. The zero-order chi connectivity index (χ0) is 25.1. The average Bonchev–Trinajstić information content (AvgIpc) is 3.28. The molecular weight excluding hydrogens is 457 g/mol. The molecule has 0 aliphatic carbocycles. The van der Waals surface area contributed by atoms with E-state index in [0.717, 1.165) is 22.5 Å². The second kappa shape index (κ2) is 9.75. The van der Waals surface area contributed by atoms with Gasteiger partial charge in [0.2, 0.25) is 5.95 Å². The van der Waals surface area contributed by atoms with Gasteiger partial charge < -0.3 is 10.6 Å². The van der Waals surface area contributed by atoms with Crippen LogP contribution in [0.4, 0.5) is 21.7 Å². The summed E-state index contributed by atoms with van der Waals surface area (Å²) in [4.78, 5) is 26.1. The van der Waals surface area contributed by atoms with Crippen LogP contribution in [0.2, 0.25) is 0 Å². The molecule has 9 heteroatoms. The van der Waals surface area contributed by atoms with Gasteiger partial charge in [-0.05, 0) is 74.0 Å². The molecule has 3 aromatic heterocycles. The summed E-state index contributed by atoms with van der Waals surface area (Å²) in [6.45, 7) is 3.75. The Bertz CT molecular complexity index is 1530.